The number of fused-ring (bicyclic) bond motifs is 1. The predicted octanol–water partition coefficient (Wildman–Crippen LogP) is 1.95. The molecule has 0 saturated carbocycles. The van der Waals surface area contributed by atoms with Gasteiger partial charge in [-0.2, -0.15) is 0 Å². The number of likely N-dealkylation sites (N-methyl/N-ethyl adjacent to an activating group) is 1. The van der Waals surface area contributed by atoms with Crippen LogP contribution < -0.4 is 20.3 Å². The van der Waals surface area contributed by atoms with Crippen molar-refractivity contribution < 1.29 is 14.3 Å². The van der Waals surface area contributed by atoms with Gasteiger partial charge < -0.3 is 15.0 Å². The third kappa shape index (κ3) is 4.20. The number of allylic oxidation sites excluding steroid dienone is 1. The van der Waals surface area contributed by atoms with Gasteiger partial charge in [0, 0.05) is 12.6 Å². The van der Waals surface area contributed by atoms with Crippen LogP contribution in [0.15, 0.2) is 24.3 Å². The molecule has 0 bridgehead atoms. The fourth-order valence-corrected chi connectivity index (χ4v) is 3.17. The fourth-order valence-electron chi connectivity index (χ4n) is 3.17. The molecule has 0 spiro atoms. The molecule has 2 amide bonds. The number of hydrogen-bond acceptors (Lipinski definition) is 4. The van der Waals surface area contributed by atoms with Crippen LogP contribution in [-0.2, 0) is 9.59 Å². The lowest BCUT2D eigenvalue weighted by Gasteiger charge is -2.41. The van der Waals surface area contributed by atoms with Crippen molar-refractivity contribution in [1.82, 2.24) is 10.6 Å². The summed E-state index contributed by atoms with van der Waals surface area (Å²) in [6, 6.07) is 5.78. The Morgan fingerprint density at radius 3 is 2.60 bits per heavy atom. The van der Waals surface area contributed by atoms with Crippen LogP contribution >= 0.6 is 0 Å². The summed E-state index contributed by atoms with van der Waals surface area (Å²) in [4.78, 5) is 25.9. The Morgan fingerprint density at radius 1 is 1.24 bits per heavy atom. The van der Waals surface area contributed by atoms with Crippen molar-refractivity contribution in [1.29, 1.82) is 0 Å². The van der Waals surface area contributed by atoms with Gasteiger partial charge in [0.1, 0.15) is 5.75 Å². The van der Waals surface area contributed by atoms with E-state index < -0.39 is 5.54 Å². The highest BCUT2D eigenvalue weighted by Gasteiger charge is 2.35. The molecule has 0 radical (unpaired) electrons. The minimum Gasteiger partial charge on any atom is -0.494 e. The number of nitrogens with one attached hydrogen (secondary N) is 2. The van der Waals surface area contributed by atoms with E-state index in [1.54, 1.807) is 11.9 Å². The summed E-state index contributed by atoms with van der Waals surface area (Å²) in [5.41, 5.74) is 2.52. The first-order valence-electron chi connectivity index (χ1n) is 8.51. The average molecular weight is 345 g/mol. The Kier molecular flexibility index (Phi) is 5.85. The second-order valence-corrected chi connectivity index (χ2v) is 6.60. The van der Waals surface area contributed by atoms with Gasteiger partial charge >= 0.3 is 0 Å². The molecule has 1 heterocycles. The molecule has 1 aromatic carbocycles. The molecule has 0 saturated heterocycles. The Morgan fingerprint density at radius 2 is 1.96 bits per heavy atom. The van der Waals surface area contributed by atoms with E-state index in [0.29, 0.717) is 6.61 Å². The van der Waals surface area contributed by atoms with Gasteiger partial charge in [-0.3, -0.25) is 14.9 Å². The van der Waals surface area contributed by atoms with E-state index in [2.05, 4.69) is 16.7 Å². The molecule has 0 unspecified atom stereocenters. The first-order chi connectivity index (χ1) is 11.8. The number of benzene rings is 1. The lowest BCUT2D eigenvalue weighted by atomic mass is 9.88. The van der Waals surface area contributed by atoms with Crippen molar-refractivity contribution in [2.75, 3.05) is 31.6 Å². The first kappa shape index (κ1) is 19.0. The van der Waals surface area contributed by atoms with Gasteiger partial charge in [-0.25, -0.2) is 0 Å². The van der Waals surface area contributed by atoms with Crippen LogP contribution in [0.3, 0.4) is 0 Å². The molecule has 25 heavy (non-hydrogen) atoms. The highest BCUT2D eigenvalue weighted by molar-refractivity contribution is 6.01. The molecule has 2 rings (SSSR count). The van der Waals surface area contributed by atoms with Crippen molar-refractivity contribution in [3.8, 4) is 5.75 Å². The first-order valence-corrected chi connectivity index (χ1v) is 8.51. The number of hydrogen-bond donors (Lipinski definition) is 2. The van der Waals surface area contributed by atoms with Crippen LogP contribution in [-0.4, -0.2) is 44.1 Å². The number of rotatable bonds is 6. The number of anilines is 1. The molecule has 136 valence electrons. The van der Waals surface area contributed by atoms with Gasteiger partial charge in [0.25, 0.3) is 0 Å². The summed E-state index contributed by atoms with van der Waals surface area (Å²) >= 11 is 0. The Hall–Kier alpha value is -2.34. The third-order valence-corrected chi connectivity index (χ3v) is 4.18. The Balaban J connectivity index is 2.28. The zero-order valence-corrected chi connectivity index (χ0v) is 15.6. The van der Waals surface area contributed by atoms with Crippen LogP contribution in [0.4, 0.5) is 5.69 Å². The minimum atomic E-state index is -0.448. The van der Waals surface area contributed by atoms with Crippen LogP contribution in [0.5, 0.6) is 5.75 Å². The lowest BCUT2D eigenvalue weighted by Crippen LogP contribution is -2.52. The van der Waals surface area contributed by atoms with Gasteiger partial charge in [0.15, 0.2) is 0 Å². The van der Waals surface area contributed by atoms with Crippen LogP contribution in [0, 0.1) is 0 Å². The van der Waals surface area contributed by atoms with E-state index in [4.69, 9.17) is 4.74 Å². The number of nitrogens with zero attached hydrogens (tertiary/aromatic N) is 1. The van der Waals surface area contributed by atoms with Crippen LogP contribution in [0.25, 0.3) is 5.57 Å². The normalized spacial score (nSPS) is 15.2. The van der Waals surface area contributed by atoms with Crippen LogP contribution in [0.2, 0.25) is 0 Å². The highest BCUT2D eigenvalue weighted by Crippen LogP contribution is 2.40. The number of carbonyl (C=O) groups is 2. The quantitative estimate of drug-likeness (QED) is 0.827. The van der Waals surface area contributed by atoms with Crippen molar-refractivity contribution in [2.24, 2.45) is 0 Å². The molecule has 0 aliphatic carbocycles. The van der Waals surface area contributed by atoms with Gasteiger partial charge in [0.2, 0.25) is 11.8 Å². The molecule has 6 nitrogen and oxygen atoms in total. The molecular formula is C19H27N3O3. The Labute approximate surface area is 149 Å². The number of ether oxygens (including phenoxy) is 1. The molecule has 0 atom stereocenters. The van der Waals surface area contributed by atoms with Crippen LogP contribution in [0.1, 0.15) is 33.3 Å². The van der Waals surface area contributed by atoms with E-state index in [-0.39, 0.29) is 24.9 Å². The largest absolute Gasteiger partial charge is 0.494 e. The molecule has 2 N–H and O–H groups in total. The van der Waals surface area contributed by atoms with Gasteiger partial charge in [-0.1, -0.05) is 6.08 Å². The minimum absolute atomic E-state index is 0.0805. The van der Waals surface area contributed by atoms with Crippen molar-refractivity contribution in [2.45, 2.75) is 33.2 Å². The summed E-state index contributed by atoms with van der Waals surface area (Å²) in [5, 5.41) is 5.42. The molecule has 1 aliphatic rings. The molecule has 1 aromatic rings. The van der Waals surface area contributed by atoms with Gasteiger partial charge in [0.05, 0.1) is 30.9 Å². The Bertz CT molecular complexity index is 695. The third-order valence-electron chi connectivity index (χ3n) is 4.18. The standard InChI is InChI=1S/C19H27N3O3/c1-6-25-14-7-8-16-15(9-14)13(2)10-19(3,4)22(16)18(24)12-21-11-17(23)20-5/h7-10,21H,6,11-12H2,1-5H3,(H,20,23). The average Bonchev–Trinajstić information content (AvgIpc) is 2.54. The second-order valence-electron chi connectivity index (χ2n) is 6.60. The summed E-state index contributed by atoms with van der Waals surface area (Å²) in [6.07, 6.45) is 2.09. The van der Waals surface area contributed by atoms with Gasteiger partial charge in [-0.15, -0.1) is 0 Å². The summed E-state index contributed by atoms with van der Waals surface area (Å²) in [5.74, 6) is 0.560. The maximum absolute atomic E-state index is 12.8. The monoisotopic (exact) mass is 345 g/mol. The summed E-state index contributed by atoms with van der Waals surface area (Å²) in [6.45, 7) is 8.80. The molecule has 1 aliphatic heterocycles. The maximum Gasteiger partial charge on any atom is 0.241 e. The molecule has 0 fully saturated rings. The zero-order chi connectivity index (χ0) is 18.6. The van der Waals surface area contributed by atoms with Crippen molar-refractivity contribution >= 4 is 23.1 Å². The van der Waals surface area contributed by atoms with Gasteiger partial charge in [-0.05, 0) is 51.5 Å². The summed E-state index contributed by atoms with van der Waals surface area (Å²) in [7, 11) is 1.57. The van der Waals surface area contributed by atoms with E-state index in [1.165, 1.54) is 0 Å². The number of carbonyl (C=O) groups excluding carboxylic acids is 2. The molecule has 0 aromatic heterocycles. The molecule has 6 heteroatoms. The van der Waals surface area contributed by atoms with Crippen molar-refractivity contribution in [3.05, 3.63) is 29.8 Å². The maximum atomic E-state index is 12.8. The topological polar surface area (TPSA) is 70.7 Å². The lowest BCUT2D eigenvalue weighted by molar-refractivity contribution is -0.120. The second kappa shape index (κ2) is 7.70. The zero-order valence-electron chi connectivity index (χ0n) is 15.6. The predicted molar refractivity (Wildman–Crippen MR) is 99.8 cm³/mol. The van der Waals surface area contributed by atoms with E-state index in [1.807, 2.05) is 45.9 Å². The van der Waals surface area contributed by atoms with E-state index >= 15 is 0 Å². The van der Waals surface area contributed by atoms with E-state index in [9.17, 15) is 9.59 Å². The molecular weight excluding hydrogens is 318 g/mol. The highest BCUT2D eigenvalue weighted by atomic mass is 16.5. The summed E-state index contributed by atoms with van der Waals surface area (Å²) < 4.78 is 5.58. The fraction of sp³-hybridized carbons (Fsp3) is 0.474. The van der Waals surface area contributed by atoms with Crippen molar-refractivity contribution in [3.63, 3.8) is 0 Å². The smallest absolute Gasteiger partial charge is 0.241 e. The van der Waals surface area contributed by atoms with E-state index in [0.717, 1.165) is 22.6 Å². The number of amides is 2. The SMILES string of the molecule is CCOc1ccc2c(c1)C(C)=CC(C)(C)N2C(=O)CNCC(=O)NC.